The number of carbonyl (C=O) groups excluding carboxylic acids is 1. The van der Waals surface area contributed by atoms with E-state index >= 15 is 0 Å². The van der Waals surface area contributed by atoms with Gasteiger partial charge < -0.3 is 0 Å². The highest BCUT2D eigenvalue weighted by atomic mass is 16.1. The van der Waals surface area contributed by atoms with Gasteiger partial charge in [-0.25, -0.2) is 9.50 Å². The summed E-state index contributed by atoms with van der Waals surface area (Å²) < 4.78 is 3.52. The lowest BCUT2D eigenvalue weighted by atomic mass is 10.2. The highest BCUT2D eigenvalue weighted by molar-refractivity contribution is 6.07. The monoisotopic (exact) mass is 283 g/mol. The highest BCUT2D eigenvalue weighted by Gasteiger charge is 2.20. The molecule has 4 rings (SSSR count). The molecule has 0 fully saturated rings. The standard InChI is InChI=1S/C13H13N7O/c21-12(9-8-15-20-7-3-5-14-11(9)20)16-13-18-17-10-4-1-2-6-19(10)13/h3,5,7-8H,1-2,4,6H2,(H,16,18,21). The van der Waals surface area contributed by atoms with E-state index < -0.39 is 0 Å². The van der Waals surface area contributed by atoms with Crippen molar-refractivity contribution in [2.45, 2.75) is 25.8 Å². The van der Waals surface area contributed by atoms with Crippen LogP contribution in [-0.4, -0.2) is 35.3 Å². The number of amides is 1. The summed E-state index contributed by atoms with van der Waals surface area (Å²) in [7, 11) is 0. The smallest absolute Gasteiger partial charge is 0.263 e. The minimum atomic E-state index is -0.274. The molecule has 0 saturated carbocycles. The van der Waals surface area contributed by atoms with Gasteiger partial charge in [-0.15, -0.1) is 10.2 Å². The molecule has 3 aromatic heterocycles. The Labute approximate surface area is 119 Å². The largest absolute Gasteiger partial charge is 0.297 e. The van der Waals surface area contributed by atoms with E-state index in [9.17, 15) is 4.79 Å². The van der Waals surface area contributed by atoms with Crippen LogP contribution in [0.5, 0.6) is 0 Å². The Morgan fingerprint density at radius 2 is 2.24 bits per heavy atom. The third-order valence-corrected chi connectivity index (χ3v) is 3.61. The first kappa shape index (κ1) is 12.0. The van der Waals surface area contributed by atoms with Crippen LogP contribution in [0.15, 0.2) is 24.7 Å². The van der Waals surface area contributed by atoms with E-state index in [-0.39, 0.29) is 5.91 Å². The lowest BCUT2D eigenvalue weighted by Crippen LogP contribution is -2.18. The molecule has 8 heteroatoms. The number of anilines is 1. The van der Waals surface area contributed by atoms with Crippen molar-refractivity contribution in [2.24, 2.45) is 0 Å². The normalized spacial score (nSPS) is 14.1. The van der Waals surface area contributed by atoms with Crippen molar-refractivity contribution in [3.05, 3.63) is 36.0 Å². The Hall–Kier alpha value is -2.77. The predicted molar refractivity (Wildman–Crippen MR) is 73.9 cm³/mol. The molecule has 4 heterocycles. The van der Waals surface area contributed by atoms with E-state index in [1.807, 2.05) is 4.57 Å². The van der Waals surface area contributed by atoms with E-state index in [2.05, 4.69) is 25.6 Å². The van der Waals surface area contributed by atoms with Crippen molar-refractivity contribution in [2.75, 3.05) is 5.32 Å². The SMILES string of the molecule is O=C(Nc1nnc2n1CCCC2)c1cnn2cccnc12. The molecule has 3 aromatic rings. The maximum absolute atomic E-state index is 12.4. The summed E-state index contributed by atoms with van der Waals surface area (Å²) in [5.41, 5.74) is 0.942. The molecule has 1 N–H and O–H groups in total. The maximum Gasteiger partial charge on any atom is 0.263 e. The fraction of sp³-hybridized carbons (Fsp3) is 0.308. The molecular weight excluding hydrogens is 270 g/mol. The number of aryl methyl sites for hydroxylation is 1. The molecule has 1 aliphatic rings. The summed E-state index contributed by atoms with van der Waals surface area (Å²) in [6.07, 6.45) is 7.98. The summed E-state index contributed by atoms with van der Waals surface area (Å²) in [5, 5.41) is 15.1. The molecule has 0 aromatic carbocycles. The molecule has 8 nitrogen and oxygen atoms in total. The van der Waals surface area contributed by atoms with E-state index in [0.29, 0.717) is 17.2 Å². The first-order valence-corrected chi connectivity index (χ1v) is 6.85. The van der Waals surface area contributed by atoms with Crippen LogP contribution >= 0.6 is 0 Å². The summed E-state index contributed by atoms with van der Waals surface area (Å²) in [6, 6.07) is 1.76. The first-order chi connectivity index (χ1) is 10.3. The Balaban J connectivity index is 1.65. The molecule has 1 amide bonds. The molecule has 21 heavy (non-hydrogen) atoms. The zero-order chi connectivity index (χ0) is 14.2. The van der Waals surface area contributed by atoms with Crippen molar-refractivity contribution in [3.63, 3.8) is 0 Å². The topological polar surface area (TPSA) is 90.0 Å². The molecule has 0 bridgehead atoms. The van der Waals surface area contributed by atoms with Crippen molar-refractivity contribution in [1.29, 1.82) is 0 Å². The van der Waals surface area contributed by atoms with Crippen LogP contribution in [0.2, 0.25) is 0 Å². The molecule has 1 aliphatic heterocycles. The van der Waals surface area contributed by atoms with Gasteiger partial charge in [-0.2, -0.15) is 5.10 Å². The minimum absolute atomic E-state index is 0.274. The summed E-state index contributed by atoms with van der Waals surface area (Å²) in [4.78, 5) is 16.6. The summed E-state index contributed by atoms with van der Waals surface area (Å²) in [5.74, 6) is 1.14. The van der Waals surface area contributed by atoms with Gasteiger partial charge in [0.15, 0.2) is 5.65 Å². The van der Waals surface area contributed by atoms with Crippen LogP contribution in [0.1, 0.15) is 29.0 Å². The number of hydrogen-bond donors (Lipinski definition) is 1. The Morgan fingerprint density at radius 1 is 1.29 bits per heavy atom. The Morgan fingerprint density at radius 3 is 3.19 bits per heavy atom. The molecule has 0 aliphatic carbocycles. The fourth-order valence-corrected chi connectivity index (χ4v) is 2.56. The molecule has 0 saturated heterocycles. The van der Waals surface area contributed by atoms with Crippen LogP contribution in [-0.2, 0) is 13.0 Å². The second-order valence-electron chi connectivity index (χ2n) is 4.95. The van der Waals surface area contributed by atoms with Gasteiger partial charge in [0.25, 0.3) is 5.91 Å². The number of hydrogen-bond acceptors (Lipinski definition) is 5. The quantitative estimate of drug-likeness (QED) is 0.755. The number of rotatable bonds is 2. The van der Waals surface area contributed by atoms with Crippen molar-refractivity contribution < 1.29 is 4.79 Å². The van der Waals surface area contributed by atoms with E-state index in [1.165, 1.54) is 6.20 Å². The second-order valence-corrected chi connectivity index (χ2v) is 4.95. The van der Waals surface area contributed by atoms with E-state index in [1.54, 1.807) is 23.0 Å². The Bertz CT molecular complexity index is 819. The lowest BCUT2D eigenvalue weighted by molar-refractivity contribution is 0.102. The summed E-state index contributed by atoms with van der Waals surface area (Å²) >= 11 is 0. The second kappa shape index (κ2) is 4.65. The van der Waals surface area contributed by atoms with Gasteiger partial charge in [0.05, 0.1) is 6.20 Å². The third-order valence-electron chi connectivity index (χ3n) is 3.61. The number of nitrogens with zero attached hydrogens (tertiary/aromatic N) is 6. The number of carbonyl (C=O) groups is 1. The summed E-state index contributed by atoms with van der Waals surface area (Å²) in [6.45, 7) is 0.838. The van der Waals surface area contributed by atoms with E-state index in [0.717, 1.165) is 31.6 Å². The van der Waals surface area contributed by atoms with E-state index in [4.69, 9.17) is 0 Å². The van der Waals surface area contributed by atoms with Crippen molar-refractivity contribution in [1.82, 2.24) is 29.4 Å². The predicted octanol–water partition coefficient (Wildman–Crippen LogP) is 0.909. The van der Waals surface area contributed by atoms with Crippen LogP contribution in [0.4, 0.5) is 5.95 Å². The lowest BCUT2D eigenvalue weighted by Gasteiger charge is -2.14. The molecule has 106 valence electrons. The number of fused-ring (bicyclic) bond motifs is 2. The molecular formula is C13H13N7O. The van der Waals surface area contributed by atoms with Crippen LogP contribution in [0.25, 0.3) is 5.65 Å². The third kappa shape index (κ3) is 1.95. The maximum atomic E-state index is 12.4. The molecule has 0 atom stereocenters. The first-order valence-electron chi connectivity index (χ1n) is 6.85. The van der Waals surface area contributed by atoms with Crippen LogP contribution in [0, 0.1) is 0 Å². The fourth-order valence-electron chi connectivity index (χ4n) is 2.56. The zero-order valence-electron chi connectivity index (χ0n) is 11.2. The highest BCUT2D eigenvalue weighted by Crippen LogP contribution is 2.18. The van der Waals surface area contributed by atoms with Crippen LogP contribution in [0.3, 0.4) is 0 Å². The van der Waals surface area contributed by atoms with Gasteiger partial charge in [0.2, 0.25) is 5.95 Å². The molecule has 0 radical (unpaired) electrons. The zero-order valence-corrected chi connectivity index (χ0v) is 11.2. The average Bonchev–Trinajstić information content (AvgIpc) is 3.12. The number of aromatic nitrogens is 6. The minimum Gasteiger partial charge on any atom is -0.297 e. The van der Waals surface area contributed by atoms with Gasteiger partial charge in [-0.1, -0.05) is 0 Å². The van der Waals surface area contributed by atoms with Crippen molar-refractivity contribution >= 4 is 17.5 Å². The Kier molecular flexibility index (Phi) is 2.66. The van der Waals surface area contributed by atoms with Gasteiger partial charge in [-0.3, -0.25) is 14.7 Å². The molecule has 0 spiro atoms. The average molecular weight is 283 g/mol. The molecule has 0 unspecified atom stereocenters. The van der Waals surface area contributed by atoms with Crippen molar-refractivity contribution in [3.8, 4) is 0 Å². The van der Waals surface area contributed by atoms with Gasteiger partial charge in [0, 0.05) is 25.4 Å². The number of nitrogens with one attached hydrogen (secondary N) is 1. The van der Waals surface area contributed by atoms with Gasteiger partial charge in [-0.05, 0) is 18.9 Å². The van der Waals surface area contributed by atoms with Gasteiger partial charge in [0.1, 0.15) is 11.4 Å². The van der Waals surface area contributed by atoms with Crippen LogP contribution < -0.4 is 5.32 Å². The van der Waals surface area contributed by atoms with Gasteiger partial charge >= 0.3 is 0 Å².